The van der Waals surface area contributed by atoms with E-state index in [0.29, 0.717) is 18.7 Å². The number of hydrogen-bond acceptors (Lipinski definition) is 5. The van der Waals surface area contributed by atoms with E-state index in [0.717, 1.165) is 36.0 Å². The third kappa shape index (κ3) is 6.03. The van der Waals surface area contributed by atoms with Crippen molar-refractivity contribution in [2.24, 2.45) is 0 Å². The summed E-state index contributed by atoms with van der Waals surface area (Å²) in [6.07, 6.45) is 2.97. The lowest BCUT2D eigenvalue weighted by molar-refractivity contribution is 0.0527. The minimum Gasteiger partial charge on any atom is -0.444 e. The molecular weight excluding hydrogens is 316 g/mol. The van der Waals surface area contributed by atoms with Crippen LogP contribution < -0.4 is 5.32 Å². The summed E-state index contributed by atoms with van der Waals surface area (Å²) in [4.78, 5) is 20.5. The molecule has 1 amide bonds. The molecule has 0 fully saturated rings. The van der Waals surface area contributed by atoms with Crippen LogP contribution in [0.5, 0.6) is 0 Å². The van der Waals surface area contributed by atoms with Crippen molar-refractivity contribution in [3.8, 4) is 6.07 Å². The van der Waals surface area contributed by atoms with E-state index in [4.69, 9.17) is 4.74 Å². The highest BCUT2D eigenvalue weighted by Crippen LogP contribution is 2.14. The molecule has 0 aliphatic heterocycles. The molecule has 1 aromatic carbocycles. The number of alkyl carbamates (subject to hydrolysis) is 1. The van der Waals surface area contributed by atoms with Gasteiger partial charge >= 0.3 is 6.09 Å². The Kier molecular flexibility index (Phi) is 6.29. The van der Waals surface area contributed by atoms with Gasteiger partial charge in [-0.25, -0.2) is 14.8 Å². The Morgan fingerprint density at radius 2 is 1.84 bits per heavy atom. The zero-order valence-electron chi connectivity index (χ0n) is 15.0. The van der Waals surface area contributed by atoms with Crippen LogP contribution in [0.1, 0.15) is 51.4 Å². The maximum atomic E-state index is 11.5. The molecule has 0 spiro atoms. The zero-order valence-corrected chi connectivity index (χ0v) is 15.0. The van der Waals surface area contributed by atoms with Crippen LogP contribution in [0.2, 0.25) is 0 Å². The number of amides is 1. The van der Waals surface area contributed by atoms with Crippen molar-refractivity contribution in [1.82, 2.24) is 15.3 Å². The van der Waals surface area contributed by atoms with Gasteiger partial charge < -0.3 is 10.1 Å². The highest BCUT2D eigenvalue weighted by Gasteiger charge is 2.15. The van der Waals surface area contributed by atoms with Gasteiger partial charge in [0.15, 0.2) is 5.69 Å². The van der Waals surface area contributed by atoms with Crippen LogP contribution in [0.4, 0.5) is 4.79 Å². The second kappa shape index (κ2) is 8.43. The van der Waals surface area contributed by atoms with E-state index >= 15 is 0 Å². The van der Waals surface area contributed by atoms with Crippen molar-refractivity contribution in [3.63, 3.8) is 0 Å². The number of hydrogen-bond donors (Lipinski definition) is 1. The first kappa shape index (κ1) is 18.7. The van der Waals surface area contributed by atoms with E-state index < -0.39 is 5.60 Å². The first-order valence-electron chi connectivity index (χ1n) is 8.51. The molecule has 132 valence electrons. The largest absolute Gasteiger partial charge is 0.444 e. The van der Waals surface area contributed by atoms with Gasteiger partial charge in [0.25, 0.3) is 0 Å². The van der Waals surface area contributed by atoms with Gasteiger partial charge in [-0.2, -0.15) is 5.26 Å². The van der Waals surface area contributed by atoms with Crippen molar-refractivity contribution < 1.29 is 9.53 Å². The number of para-hydroxylation sites is 2. The van der Waals surface area contributed by atoms with Gasteiger partial charge in [0.1, 0.15) is 11.7 Å². The van der Waals surface area contributed by atoms with Crippen LogP contribution in [0, 0.1) is 11.3 Å². The summed E-state index contributed by atoms with van der Waals surface area (Å²) in [6, 6.07) is 9.68. The van der Waals surface area contributed by atoms with E-state index in [1.807, 2.05) is 45.0 Å². The zero-order chi connectivity index (χ0) is 18.3. The molecule has 1 N–H and O–H groups in total. The molecule has 0 aliphatic rings. The molecule has 0 saturated carbocycles. The van der Waals surface area contributed by atoms with Crippen molar-refractivity contribution in [2.45, 2.75) is 52.1 Å². The molecule has 2 rings (SSSR count). The van der Waals surface area contributed by atoms with Gasteiger partial charge in [-0.3, -0.25) is 0 Å². The predicted octanol–water partition coefficient (Wildman–Crippen LogP) is 3.74. The molecule has 6 nitrogen and oxygen atoms in total. The minimum absolute atomic E-state index is 0.389. The molecule has 0 unspecified atom stereocenters. The van der Waals surface area contributed by atoms with Crippen LogP contribution in [-0.4, -0.2) is 28.2 Å². The van der Waals surface area contributed by atoms with E-state index in [1.165, 1.54) is 0 Å². The van der Waals surface area contributed by atoms with Crippen molar-refractivity contribution in [3.05, 3.63) is 35.7 Å². The average Bonchev–Trinajstić information content (AvgIpc) is 2.55. The number of carbonyl (C=O) groups excluding carboxylic acids is 1. The quantitative estimate of drug-likeness (QED) is 0.809. The molecule has 6 heteroatoms. The van der Waals surface area contributed by atoms with E-state index in [-0.39, 0.29) is 6.09 Å². The Bertz CT molecular complexity index is 775. The molecule has 0 aliphatic carbocycles. The van der Waals surface area contributed by atoms with Gasteiger partial charge in [-0.05, 0) is 52.2 Å². The normalized spacial score (nSPS) is 11.1. The number of aryl methyl sites for hydroxylation is 1. The summed E-state index contributed by atoms with van der Waals surface area (Å²) in [7, 11) is 0. The Labute approximate surface area is 148 Å². The molecule has 2 aromatic rings. The molecule has 0 bridgehead atoms. The van der Waals surface area contributed by atoms with Crippen LogP contribution in [0.25, 0.3) is 11.0 Å². The lowest BCUT2D eigenvalue weighted by Crippen LogP contribution is -2.32. The van der Waals surface area contributed by atoms with Crippen LogP contribution in [-0.2, 0) is 11.2 Å². The van der Waals surface area contributed by atoms with Gasteiger partial charge in [0.2, 0.25) is 0 Å². The summed E-state index contributed by atoms with van der Waals surface area (Å²) < 4.78 is 5.18. The maximum absolute atomic E-state index is 11.5. The van der Waals surface area contributed by atoms with Gasteiger partial charge in [0, 0.05) is 6.54 Å². The number of nitrogens with one attached hydrogen (secondary N) is 1. The third-order valence-corrected chi connectivity index (χ3v) is 3.51. The molecular formula is C19H24N4O2. The fourth-order valence-corrected chi connectivity index (χ4v) is 2.40. The highest BCUT2D eigenvalue weighted by molar-refractivity contribution is 5.74. The number of ether oxygens (including phenoxy) is 1. The standard InChI is InChI=1S/C19H24N4O2/c1-19(2,3)25-18(24)21-12-8-4-5-9-16-17(13-20)23-15-11-7-6-10-14(15)22-16/h6-7,10-11H,4-5,8-9,12H2,1-3H3,(H,21,24). The molecule has 25 heavy (non-hydrogen) atoms. The molecule has 1 heterocycles. The summed E-state index contributed by atoms with van der Waals surface area (Å²) in [5, 5.41) is 12.0. The number of unbranched alkanes of at least 4 members (excludes halogenated alkanes) is 2. The van der Waals surface area contributed by atoms with Crippen LogP contribution in [0.3, 0.4) is 0 Å². The number of rotatable bonds is 6. The summed E-state index contributed by atoms with van der Waals surface area (Å²) >= 11 is 0. The maximum Gasteiger partial charge on any atom is 0.407 e. The first-order valence-corrected chi connectivity index (χ1v) is 8.51. The van der Waals surface area contributed by atoms with Gasteiger partial charge in [-0.15, -0.1) is 0 Å². The highest BCUT2D eigenvalue weighted by atomic mass is 16.6. The second-order valence-corrected chi connectivity index (χ2v) is 6.86. The fraction of sp³-hybridized carbons (Fsp3) is 0.474. The van der Waals surface area contributed by atoms with E-state index in [9.17, 15) is 10.1 Å². The van der Waals surface area contributed by atoms with E-state index in [1.54, 1.807) is 0 Å². The van der Waals surface area contributed by atoms with Crippen molar-refractivity contribution >= 4 is 17.1 Å². The van der Waals surface area contributed by atoms with Crippen LogP contribution in [0.15, 0.2) is 24.3 Å². The Hall–Kier alpha value is -2.68. The number of aromatic nitrogens is 2. The first-order chi connectivity index (χ1) is 11.9. The number of fused-ring (bicyclic) bond motifs is 1. The second-order valence-electron chi connectivity index (χ2n) is 6.86. The number of carbonyl (C=O) groups is 1. The topological polar surface area (TPSA) is 87.9 Å². The Morgan fingerprint density at radius 1 is 1.16 bits per heavy atom. The number of nitrogens with zero attached hydrogens (tertiary/aromatic N) is 3. The van der Waals surface area contributed by atoms with Gasteiger partial charge in [-0.1, -0.05) is 18.6 Å². The summed E-state index contributed by atoms with van der Waals surface area (Å²) in [5.41, 5.74) is 2.20. The van der Waals surface area contributed by atoms with Crippen molar-refractivity contribution in [2.75, 3.05) is 6.54 Å². The SMILES string of the molecule is CC(C)(C)OC(=O)NCCCCCc1nc2ccccc2nc1C#N. The summed E-state index contributed by atoms with van der Waals surface area (Å²) in [5.74, 6) is 0. The monoisotopic (exact) mass is 340 g/mol. The lowest BCUT2D eigenvalue weighted by Gasteiger charge is -2.19. The predicted molar refractivity (Wildman–Crippen MR) is 96.0 cm³/mol. The average molecular weight is 340 g/mol. The minimum atomic E-state index is -0.480. The van der Waals surface area contributed by atoms with Crippen LogP contribution >= 0.6 is 0 Å². The van der Waals surface area contributed by atoms with Gasteiger partial charge in [0.05, 0.1) is 16.7 Å². The summed E-state index contributed by atoms with van der Waals surface area (Å²) in [6.45, 7) is 6.08. The smallest absolute Gasteiger partial charge is 0.407 e. The third-order valence-electron chi connectivity index (χ3n) is 3.51. The van der Waals surface area contributed by atoms with Crippen molar-refractivity contribution in [1.29, 1.82) is 5.26 Å². The molecule has 1 aromatic heterocycles. The molecule has 0 saturated heterocycles. The number of nitriles is 1. The molecule has 0 radical (unpaired) electrons. The number of benzene rings is 1. The molecule has 0 atom stereocenters. The fourth-order valence-electron chi connectivity index (χ4n) is 2.40. The Balaban J connectivity index is 1.78. The Morgan fingerprint density at radius 3 is 2.48 bits per heavy atom. The lowest BCUT2D eigenvalue weighted by atomic mass is 10.1. The van der Waals surface area contributed by atoms with E-state index in [2.05, 4.69) is 21.4 Å².